The van der Waals surface area contributed by atoms with Gasteiger partial charge in [-0.15, -0.1) is 0 Å². The molecule has 0 fully saturated rings. The maximum absolute atomic E-state index is 12.9. The fourth-order valence-corrected chi connectivity index (χ4v) is 2.86. The molecule has 0 spiro atoms. The lowest BCUT2D eigenvalue weighted by atomic mass is 10.3. The summed E-state index contributed by atoms with van der Waals surface area (Å²) in [5.74, 6) is -0.545. The van der Waals surface area contributed by atoms with Gasteiger partial charge >= 0.3 is 0 Å². The normalized spacial score (nSPS) is 11.3. The number of sulfonamides is 1. The Kier molecular flexibility index (Phi) is 3.64. The molecule has 0 radical (unpaired) electrons. The van der Waals surface area contributed by atoms with Crippen molar-refractivity contribution in [1.29, 1.82) is 0 Å². The molecule has 2 rings (SSSR count). The van der Waals surface area contributed by atoms with E-state index in [0.29, 0.717) is 5.69 Å². The van der Waals surface area contributed by atoms with Crippen LogP contribution in [-0.2, 0) is 10.0 Å². The van der Waals surface area contributed by atoms with Crippen LogP contribution in [0.25, 0.3) is 0 Å². The van der Waals surface area contributed by atoms with Crippen molar-refractivity contribution < 1.29 is 12.8 Å². The second-order valence-electron chi connectivity index (χ2n) is 3.80. The number of halogens is 2. The topological polar surface area (TPSA) is 72.2 Å². The van der Waals surface area contributed by atoms with E-state index >= 15 is 0 Å². The number of anilines is 2. The quantitative estimate of drug-likeness (QED) is 0.856. The maximum Gasteiger partial charge on any atom is 0.262 e. The fraction of sp³-hybridized carbons (Fsp3) is 0. The summed E-state index contributed by atoms with van der Waals surface area (Å²) in [6.07, 6.45) is 0. The first-order chi connectivity index (χ1) is 8.88. The van der Waals surface area contributed by atoms with Crippen LogP contribution in [0.1, 0.15) is 0 Å². The third-order valence-corrected chi connectivity index (χ3v) is 4.02. The third-order valence-electron chi connectivity index (χ3n) is 2.34. The Balaban J connectivity index is 2.36. The van der Waals surface area contributed by atoms with Gasteiger partial charge in [0.25, 0.3) is 10.0 Å². The lowest BCUT2D eigenvalue weighted by Crippen LogP contribution is -2.13. The summed E-state index contributed by atoms with van der Waals surface area (Å²) in [6.45, 7) is 0. The summed E-state index contributed by atoms with van der Waals surface area (Å²) >= 11 is 5.76. The van der Waals surface area contributed by atoms with E-state index in [0.717, 1.165) is 12.1 Å². The molecule has 2 aromatic carbocycles. The highest BCUT2D eigenvalue weighted by Crippen LogP contribution is 2.25. The van der Waals surface area contributed by atoms with Crippen molar-refractivity contribution in [2.45, 2.75) is 4.90 Å². The van der Waals surface area contributed by atoms with Crippen LogP contribution < -0.4 is 10.5 Å². The second-order valence-corrected chi connectivity index (χ2v) is 5.89. The molecule has 7 heteroatoms. The minimum Gasteiger partial charge on any atom is -0.399 e. The predicted molar refractivity (Wildman–Crippen MR) is 73.1 cm³/mol. The molecule has 2 aromatic rings. The molecule has 100 valence electrons. The van der Waals surface area contributed by atoms with E-state index in [1.165, 1.54) is 24.3 Å². The molecule has 0 aromatic heterocycles. The Bertz CT molecular complexity index is 719. The number of nitrogens with two attached hydrogens (primary N) is 1. The zero-order valence-corrected chi connectivity index (χ0v) is 11.2. The SMILES string of the molecule is Nc1cccc(S(=O)(=O)Nc2ccc(F)cc2Cl)c1. The van der Waals surface area contributed by atoms with Gasteiger partial charge in [-0.3, -0.25) is 4.72 Å². The molecule has 19 heavy (non-hydrogen) atoms. The number of nitrogens with one attached hydrogen (secondary N) is 1. The van der Waals surface area contributed by atoms with Gasteiger partial charge in [-0.25, -0.2) is 12.8 Å². The maximum atomic E-state index is 12.9. The van der Waals surface area contributed by atoms with Crippen LogP contribution in [0.15, 0.2) is 47.4 Å². The molecule has 0 saturated heterocycles. The number of hydrogen-bond donors (Lipinski definition) is 2. The predicted octanol–water partition coefficient (Wildman–Crippen LogP) is 2.86. The number of nitrogen functional groups attached to an aromatic ring is 1. The van der Waals surface area contributed by atoms with E-state index in [-0.39, 0.29) is 15.6 Å². The van der Waals surface area contributed by atoms with Crippen LogP contribution >= 0.6 is 11.6 Å². The summed E-state index contributed by atoms with van der Waals surface area (Å²) in [7, 11) is -3.81. The zero-order chi connectivity index (χ0) is 14.0. The van der Waals surface area contributed by atoms with Gasteiger partial charge in [0.05, 0.1) is 15.6 Å². The summed E-state index contributed by atoms with van der Waals surface area (Å²) < 4.78 is 39.3. The van der Waals surface area contributed by atoms with Crippen LogP contribution in [0.4, 0.5) is 15.8 Å². The largest absolute Gasteiger partial charge is 0.399 e. The van der Waals surface area contributed by atoms with E-state index in [2.05, 4.69) is 4.72 Å². The van der Waals surface area contributed by atoms with Crippen molar-refractivity contribution in [3.05, 3.63) is 53.3 Å². The van der Waals surface area contributed by atoms with Gasteiger partial charge in [-0.1, -0.05) is 17.7 Å². The summed E-state index contributed by atoms with van der Waals surface area (Å²) in [4.78, 5) is 0.00731. The molecule has 0 atom stereocenters. The first kappa shape index (κ1) is 13.6. The number of rotatable bonds is 3. The number of hydrogen-bond acceptors (Lipinski definition) is 3. The van der Waals surface area contributed by atoms with Crippen LogP contribution in [-0.4, -0.2) is 8.42 Å². The first-order valence-electron chi connectivity index (χ1n) is 5.22. The highest BCUT2D eigenvalue weighted by atomic mass is 35.5. The Morgan fingerprint density at radius 2 is 1.89 bits per heavy atom. The molecule has 0 aliphatic rings. The molecule has 0 aliphatic carbocycles. The van der Waals surface area contributed by atoms with E-state index in [9.17, 15) is 12.8 Å². The van der Waals surface area contributed by atoms with Crippen molar-refractivity contribution in [1.82, 2.24) is 0 Å². The molecule has 0 aliphatic heterocycles. The van der Waals surface area contributed by atoms with Crippen LogP contribution in [0.5, 0.6) is 0 Å². The van der Waals surface area contributed by atoms with Crippen LogP contribution in [0, 0.1) is 5.82 Å². The van der Waals surface area contributed by atoms with E-state index in [1.807, 2.05) is 0 Å². The van der Waals surface area contributed by atoms with Crippen molar-refractivity contribution >= 4 is 33.0 Å². The molecular formula is C12H10ClFN2O2S. The van der Waals surface area contributed by atoms with Gasteiger partial charge < -0.3 is 5.73 Å². The van der Waals surface area contributed by atoms with Gasteiger partial charge in [0, 0.05) is 5.69 Å². The standard InChI is InChI=1S/C12H10ClFN2O2S/c13-11-6-8(14)4-5-12(11)16-19(17,18)10-3-1-2-9(15)7-10/h1-7,16H,15H2. The minimum absolute atomic E-state index is 0.00731. The van der Waals surface area contributed by atoms with Crippen molar-refractivity contribution in [2.24, 2.45) is 0 Å². The molecule has 3 N–H and O–H groups in total. The zero-order valence-electron chi connectivity index (χ0n) is 9.60. The molecule has 0 saturated carbocycles. The Labute approximate surface area is 115 Å². The van der Waals surface area contributed by atoms with Gasteiger partial charge in [0.2, 0.25) is 0 Å². The average molecular weight is 301 g/mol. The van der Waals surface area contributed by atoms with E-state index in [4.69, 9.17) is 17.3 Å². The second kappa shape index (κ2) is 5.07. The fourth-order valence-electron chi connectivity index (χ4n) is 1.46. The highest BCUT2D eigenvalue weighted by Gasteiger charge is 2.16. The molecule has 0 bridgehead atoms. The third kappa shape index (κ3) is 3.15. The molecule has 0 heterocycles. The lowest BCUT2D eigenvalue weighted by Gasteiger charge is -2.10. The summed E-state index contributed by atoms with van der Waals surface area (Å²) in [5, 5.41) is -0.0209. The van der Waals surface area contributed by atoms with Gasteiger partial charge in [0.1, 0.15) is 5.82 Å². The first-order valence-corrected chi connectivity index (χ1v) is 7.08. The summed E-state index contributed by atoms with van der Waals surface area (Å²) in [6, 6.07) is 9.21. The molecule has 4 nitrogen and oxygen atoms in total. The monoisotopic (exact) mass is 300 g/mol. The Morgan fingerprint density at radius 1 is 1.16 bits per heavy atom. The van der Waals surface area contributed by atoms with Gasteiger partial charge in [0.15, 0.2) is 0 Å². The van der Waals surface area contributed by atoms with Crippen LogP contribution in [0.3, 0.4) is 0 Å². The Hall–Kier alpha value is -1.79. The van der Waals surface area contributed by atoms with Gasteiger partial charge in [-0.2, -0.15) is 0 Å². The van der Waals surface area contributed by atoms with Crippen molar-refractivity contribution in [3.63, 3.8) is 0 Å². The number of benzene rings is 2. The highest BCUT2D eigenvalue weighted by molar-refractivity contribution is 7.92. The molecule has 0 unspecified atom stereocenters. The van der Waals surface area contributed by atoms with Crippen molar-refractivity contribution in [3.8, 4) is 0 Å². The van der Waals surface area contributed by atoms with E-state index < -0.39 is 15.8 Å². The minimum atomic E-state index is -3.81. The smallest absolute Gasteiger partial charge is 0.262 e. The van der Waals surface area contributed by atoms with Crippen LogP contribution in [0.2, 0.25) is 5.02 Å². The van der Waals surface area contributed by atoms with E-state index in [1.54, 1.807) is 6.07 Å². The van der Waals surface area contributed by atoms with Crippen molar-refractivity contribution in [2.75, 3.05) is 10.5 Å². The van der Waals surface area contributed by atoms with Gasteiger partial charge in [-0.05, 0) is 36.4 Å². The summed E-state index contributed by atoms with van der Waals surface area (Å²) in [5.41, 5.74) is 5.96. The molecule has 0 amide bonds. The molecular weight excluding hydrogens is 291 g/mol. The average Bonchev–Trinajstić information content (AvgIpc) is 2.33. The Morgan fingerprint density at radius 3 is 2.53 bits per heavy atom. The lowest BCUT2D eigenvalue weighted by molar-refractivity contribution is 0.601.